The molecule has 0 unspecified atom stereocenters. The van der Waals surface area contributed by atoms with Gasteiger partial charge >= 0.3 is 0 Å². The maximum atomic E-state index is 8.46. The molecule has 0 saturated heterocycles. The molecule has 0 saturated carbocycles. The first kappa shape index (κ1) is 10.9. The van der Waals surface area contributed by atoms with Gasteiger partial charge in [-0.1, -0.05) is 24.6 Å². The molecule has 0 spiro atoms. The van der Waals surface area contributed by atoms with Gasteiger partial charge in [0.05, 0.1) is 0 Å². The zero-order valence-corrected chi connectivity index (χ0v) is 10.2. The average Bonchev–Trinajstić information content (AvgIpc) is 2.34. The van der Waals surface area contributed by atoms with Crippen molar-refractivity contribution >= 4 is 11.3 Å². The summed E-state index contributed by atoms with van der Waals surface area (Å²) in [5.74, 6) is 0.517. The molecule has 0 radical (unpaired) electrons. The van der Waals surface area contributed by atoms with E-state index >= 15 is 0 Å². The molecule has 11 heavy (non-hydrogen) atoms. The van der Waals surface area contributed by atoms with E-state index in [0.29, 0.717) is 10.8 Å². The fourth-order valence-corrected chi connectivity index (χ4v) is 1.41. The molecule has 0 aliphatic carbocycles. The van der Waals surface area contributed by atoms with Gasteiger partial charge in [0.15, 0.2) is 0 Å². The van der Waals surface area contributed by atoms with Crippen LogP contribution >= 0.6 is 11.3 Å². The van der Waals surface area contributed by atoms with Gasteiger partial charge in [0.25, 0.3) is 0 Å². The van der Waals surface area contributed by atoms with E-state index in [-0.39, 0.29) is 21.1 Å². The summed E-state index contributed by atoms with van der Waals surface area (Å²) in [6.07, 6.45) is 0. The Bertz CT molecular complexity index is 259. The summed E-state index contributed by atoms with van der Waals surface area (Å²) in [5, 5.41) is 8.46. The molecule has 0 amide bonds. The molecule has 3 heteroatoms. The van der Waals surface area contributed by atoms with E-state index in [1.165, 1.54) is 16.2 Å². The van der Waals surface area contributed by atoms with Crippen LogP contribution in [0.1, 0.15) is 29.5 Å². The second kappa shape index (κ2) is 4.69. The van der Waals surface area contributed by atoms with E-state index in [0.717, 1.165) is 0 Å². The van der Waals surface area contributed by atoms with Gasteiger partial charge < -0.3 is 0 Å². The molecule has 0 aliphatic rings. The minimum absolute atomic E-state index is 0. The molecule has 0 fully saturated rings. The van der Waals surface area contributed by atoms with Gasteiger partial charge in [-0.05, 0) is 10.9 Å². The number of thiophene rings is 1. The van der Waals surface area contributed by atoms with Crippen molar-refractivity contribution < 1.29 is 21.1 Å². The number of nitriles is 1. The Hall–Kier alpha value is -0.122. The minimum atomic E-state index is 0. The number of hydrogen-bond donors (Lipinski definition) is 0. The Kier molecular flexibility index (Phi) is 4.64. The molecule has 0 aliphatic heterocycles. The molecule has 0 bridgehead atoms. The topological polar surface area (TPSA) is 23.8 Å². The van der Waals surface area contributed by atoms with E-state index in [1.807, 2.05) is 6.07 Å². The molecule has 0 aromatic carbocycles. The fraction of sp³-hybridized carbons (Fsp3) is 0.375. The Balaban J connectivity index is 0.000001000. The third-order valence-corrected chi connectivity index (χ3v) is 2.47. The van der Waals surface area contributed by atoms with E-state index in [1.54, 1.807) is 0 Å². The van der Waals surface area contributed by atoms with Crippen LogP contribution in [0, 0.1) is 17.4 Å². The summed E-state index contributed by atoms with van der Waals surface area (Å²) in [6.45, 7) is 4.22. The van der Waals surface area contributed by atoms with E-state index < -0.39 is 0 Å². The molecule has 1 nitrogen and oxygen atoms in total. The van der Waals surface area contributed by atoms with Crippen molar-refractivity contribution in [1.82, 2.24) is 0 Å². The van der Waals surface area contributed by atoms with Crippen LogP contribution in [-0.4, -0.2) is 0 Å². The molecule has 1 rings (SSSR count). The van der Waals surface area contributed by atoms with Crippen molar-refractivity contribution in [2.75, 3.05) is 0 Å². The van der Waals surface area contributed by atoms with E-state index in [9.17, 15) is 0 Å². The van der Waals surface area contributed by atoms with Crippen LogP contribution in [0.5, 0.6) is 0 Å². The smallest absolute Gasteiger partial charge is 0 e. The molecule has 0 N–H and O–H groups in total. The summed E-state index contributed by atoms with van der Waals surface area (Å²) in [7, 11) is 0. The predicted molar refractivity (Wildman–Crippen MR) is 42.0 cm³/mol. The summed E-state index contributed by atoms with van der Waals surface area (Å²) in [6, 6.07) is 6.86. The van der Waals surface area contributed by atoms with Crippen LogP contribution in [-0.2, 0) is 21.1 Å². The van der Waals surface area contributed by atoms with E-state index in [2.05, 4.69) is 26.0 Å². The SMILES string of the molecule is CC(C)c1c[c-]c(C#N)s1.[W]. The first-order valence-electron chi connectivity index (χ1n) is 3.15. The Labute approximate surface area is 85.3 Å². The fourth-order valence-electron chi connectivity index (χ4n) is 0.653. The molecular weight excluding hydrogens is 326 g/mol. The Morgan fingerprint density at radius 3 is 2.55 bits per heavy atom. The largest absolute Gasteiger partial charge is 0.283 e. The van der Waals surface area contributed by atoms with Gasteiger partial charge in [0, 0.05) is 21.1 Å². The van der Waals surface area contributed by atoms with Crippen LogP contribution in [0.25, 0.3) is 0 Å². The quantitative estimate of drug-likeness (QED) is 0.724. The molecule has 1 aromatic rings. The zero-order valence-electron chi connectivity index (χ0n) is 6.42. The van der Waals surface area contributed by atoms with Gasteiger partial charge in [0.1, 0.15) is 0 Å². The third kappa shape index (κ3) is 2.77. The summed E-state index contributed by atoms with van der Waals surface area (Å²) in [4.78, 5) is 1.92. The molecular formula is C8H8NSW-. The number of hydrogen-bond acceptors (Lipinski definition) is 2. The molecule has 0 atom stereocenters. The predicted octanol–water partition coefficient (Wildman–Crippen LogP) is 2.54. The van der Waals surface area contributed by atoms with Crippen molar-refractivity contribution in [1.29, 1.82) is 5.26 Å². The van der Waals surface area contributed by atoms with Crippen molar-refractivity contribution in [2.45, 2.75) is 19.8 Å². The van der Waals surface area contributed by atoms with Crippen molar-refractivity contribution in [3.8, 4) is 6.07 Å². The van der Waals surface area contributed by atoms with Gasteiger partial charge in [0.2, 0.25) is 0 Å². The van der Waals surface area contributed by atoms with Crippen LogP contribution in [0.4, 0.5) is 0 Å². The summed E-state index contributed by atoms with van der Waals surface area (Å²) < 4.78 is 0. The maximum Gasteiger partial charge on any atom is 0 e. The average molecular weight is 334 g/mol. The molecule has 58 valence electrons. The maximum absolute atomic E-state index is 8.46. The van der Waals surface area contributed by atoms with Gasteiger partial charge in [-0.25, -0.2) is 11.3 Å². The third-order valence-electron chi connectivity index (χ3n) is 1.24. The zero-order chi connectivity index (χ0) is 7.56. The van der Waals surface area contributed by atoms with Crippen molar-refractivity contribution in [3.63, 3.8) is 0 Å². The van der Waals surface area contributed by atoms with Crippen molar-refractivity contribution in [3.05, 3.63) is 21.9 Å². The molecule has 1 heterocycles. The first-order valence-corrected chi connectivity index (χ1v) is 3.97. The normalized spacial score (nSPS) is 8.91. The monoisotopic (exact) mass is 334 g/mol. The van der Waals surface area contributed by atoms with Crippen LogP contribution in [0.2, 0.25) is 0 Å². The first-order chi connectivity index (χ1) is 4.74. The molecule has 1 aromatic heterocycles. The second-order valence-corrected chi connectivity index (χ2v) is 3.47. The Morgan fingerprint density at radius 1 is 1.64 bits per heavy atom. The summed E-state index contributed by atoms with van der Waals surface area (Å²) >= 11 is 1.52. The summed E-state index contributed by atoms with van der Waals surface area (Å²) in [5.41, 5.74) is 0. The van der Waals surface area contributed by atoms with Gasteiger partial charge in [-0.15, -0.1) is 0 Å². The van der Waals surface area contributed by atoms with E-state index in [4.69, 9.17) is 5.26 Å². The van der Waals surface area contributed by atoms with Crippen LogP contribution < -0.4 is 0 Å². The van der Waals surface area contributed by atoms with Crippen molar-refractivity contribution in [2.24, 2.45) is 0 Å². The number of rotatable bonds is 1. The number of nitrogens with zero attached hydrogens (tertiary/aromatic N) is 1. The van der Waals surface area contributed by atoms with Crippen LogP contribution in [0.15, 0.2) is 6.07 Å². The second-order valence-electron chi connectivity index (χ2n) is 2.39. The van der Waals surface area contributed by atoms with Gasteiger partial charge in [-0.2, -0.15) is 12.1 Å². The van der Waals surface area contributed by atoms with Crippen LogP contribution in [0.3, 0.4) is 0 Å². The standard InChI is InChI=1S/C8H8NS.W/c1-6(2)8-4-3-7(5-9)10-8;/h4,6H,1-2H3;/q-1;. The van der Waals surface area contributed by atoms with Gasteiger partial charge in [-0.3, -0.25) is 5.26 Å². The minimum Gasteiger partial charge on any atom is -0.283 e. The Morgan fingerprint density at radius 2 is 2.27 bits per heavy atom.